The van der Waals surface area contributed by atoms with Crippen LogP contribution in [0.1, 0.15) is 39.7 Å². The van der Waals surface area contributed by atoms with Crippen molar-refractivity contribution in [2.45, 2.75) is 41.0 Å². The fourth-order valence-corrected chi connectivity index (χ4v) is 2.25. The van der Waals surface area contributed by atoms with Gasteiger partial charge in [0, 0.05) is 15.9 Å². The Morgan fingerprint density at radius 1 is 1.42 bits per heavy atom. The molecule has 0 saturated heterocycles. The van der Waals surface area contributed by atoms with E-state index in [0.717, 1.165) is 15.7 Å². The summed E-state index contributed by atoms with van der Waals surface area (Å²) in [5.41, 5.74) is 1.83. The van der Waals surface area contributed by atoms with Crippen molar-refractivity contribution in [3.05, 3.63) is 27.2 Å². The van der Waals surface area contributed by atoms with Gasteiger partial charge in [0.15, 0.2) is 0 Å². The molecule has 1 atom stereocenters. The molecule has 0 radical (unpaired) electrons. The Labute approximate surface area is 129 Å². The number of hydrogen-bond acceptors (Lipinski definition) is 1. The topological polar surface area (TPSA) is 29.1 Å². The van der Waals surface area contributed by atoms with Crippen molar-refractivity contribution in [2.75, 3.05) is 5.32 Å². The van der Waals surface area contributed by atoms with E-state index in [4.69, 9.17) is 11.6 Å². The first-order chi connectivity index (χ1) is 8.61. The van der Waals surface area contributed by atoms with Crippen LogP contribution in [-0.2, 0) is 4.79 Å². The van der Waals surface area contributed by atoms with Crippen LogP contribution in [0.3, 0.4) is 0 Å². The molecule has 0 spiro atoms. The molecule has 0 aliphatic heterocycles. The Morgan fingerprint density at radius 2 is 2.00 bits per heavy atom. The van der Waals surface area contributed by atoms with E-state index in [1.54, 1.807) is 6.07 Å². The predicted octanol–water partition coefficient (Wildman–Crippen LogP) is 5.42. The van der Waals surface area contributed by atoms with E-state index in [1.165, 1.54) is 0 Å². The van der Waals surface area contributed by atoms with Gasteiger partial charge in [0.25, 0.3) is 0 Å². The molecule has 0 aromatic heterocycles. The minimum atomic E-state index is 0.0167. The lowest BCUT2D eigenvalue weighted by atomic mass is 9.80. The van der Waals surface area contributed by atoms with Crippen LogP contribution in [0, 0.1) is 18.3 Å². The Morgan fingerprint density at radius 3 is 2.53 bits per heavy atom. The van der Waals surface area contributed by atoms with E-state index in [-0.39, 0.29) is 11.3 Å². The van der Waals surface area contributed by atoms with Crippen LogP contribution < -0.4 is 5.32 Å². The largest absolute Gasteiger partial charge is 0.325 e. The highest BCUT2D eigenvalue weighted by molar-refractivity contribution is 9.10. The molecular formula is C15H21BrClNO. The quantitative estimate of drug-likeness (QED) is 0.777. The summed E-state index contributed by atoms with van der Waals surface area (Å²) in [7, 11) is 0. The second kappa shape index (κ2) is 6.27. The fraction of sp³-hybridized carbons (Fsp3) is 0.533. The lowest BCUT2D eigenvalue weighted by molar-refractivity contribution is -0.117. The lowest BCUT2D eigenvalue weighted by Gasteiger charge is -2.26. The van der Waals surface area contributed by atoms with E-state index in [0.29, 0.717) is 17.4 Å². The third-order valence-electron chi connectivity index (χ3n) is 3.49. The zero-order valence-electron chi connectivity index (χ0n) is 12.1. The van der Waals surface area contributed by atoms with Crippen molar-refractivity contribution >= 4 is 39.1 Å². The summed E-state index contributed by atoms with van der Waals surface area (Å²) in [6.07, 6.45) is 0.501. The summed E-state index contributed by atoms with van der Waals surface area (Å²) in [4.78, 5) is 12.0. The number of benzene rings is 1. The van der Waals surface area contributed by atoms with E-state index in [1.807, 2.05) is 13.0 Å². The highest BCUT2D eigenvalue weighted by Crippen LogP contribution is 2.31. The predicted molar refractivity (Wildman–Crippen MR) is 85.8 cm³/mol. The molecule has 0 bridgehead atoms. The number of hydrogen-bond donors (Lipinski definition) is 1. The van der Waals surface area contributed by atoms with Gasteiger partial charge in [0.05, 0.1) is 5.69 Å². The Hall–Kier alpha value is -0.540. The third-order valence-corrected chi connectivity index (χ3v) is 4.56. The monoisotopic (exact) mass is 345 g/mol. The molecular weight excluding hydrogens is 326 g/mol. The van der Waals surface area contributed by atoms with Gasteiger partial charge >= 0.3 is 0 Å². The minimum Gasteiger partial charge on any atom is -0.325 e. The Bertz CT molecular complexity index is 480. The number of nitrogens with one attached hydrogen (secondary N) is 1. The van der Waals surface area contributed by atoms with Crippen LogP contribution >= 0.6 is 27.5 Å². The van der Waals surface area contributed by atoms with Gasteiger partial charge in [-0.1, -0.05) is 39.3 Å². The number of carbonyl (C=O) groups excluding carboxylic acids is 1. The molecule has 19 heavy (non-hydrogen) atoms. The molecule has 2 nitrogen and oxygen atoms in total. The van der Waals surface area contributed by atoms with Crippen molar-refractivity contribution < 1.29 is 4.79 Å². The molecule has 1 N–H and O–H groups in total. The van der Waals surface area contributed by atoms with Crippen molar-refractivity contribution in [3.63, 3.8) is 0 Å². The first-order valence-corrected chi connectivity index (χ1v) is 7.54. The Balaban J connectivity index is 2.76. The van der Waals surface area contributed by atoms with Gasteiger partial charge in [0.1, 0.15) is 0 Å². The summed E-state index contributed by atoms with van der Waals surface area (Å²) in [5.74, 6) is 0.329. The molecule has 1 rings (SSSR count). The molecule has 1 unspecified atom stereocenters. The smallest absolute Gasteiger partial charge is 0.224 e. The Kier molecular flexibility index (Phi) is 5.45. The average molecular weight is 347 g/mol. The van der Waals surface area contributed by atoms with E-state index in [9.17, 15) is 4.79 Å². The zero-order valence-corrected chi connectivity index (χ0v) is 14.4. The molecule has 1 aromatic rings. The first-order valence-electron chi connectivity index (χ1n) is 6.36. The van der Waals surface area contributed by atoms with Crippen LogP contribution in [0.15, 0.2) is 16.6 Å². The molecule has 4 heteroatoms. The molecule has 0 heterocycles. The number of carbonyl (C=O) groups is 1. The minimum absolute atomic E-state index is 0.0167. The van der Waals surface area contributed by atoms with Crippen LogP contribution in [0.5, 0.6) is 0 Å². The number of amides is 1. The maximum Gasteiger partial charge on any atom is 0.224 e. The summed E-state index contributed by atoms with van der Waals surface area (Å²) in [6.45, 7) is 10.5. The highest BCUT2D eigenvalue weighted by Gasteiger charge is 2.22. The number of anilines is 1. The van der Waals surface area contributed by atoms with Gasteiger partial charge in [0.2, 0.25) is 5.91 Å². The summed E-state index contributed by atoms with van der Waals surface area (Å²) < 4.78 is 0.853. The van der Waals surface area contributed by atoms with Crippen molar-refractivity contribution in [2.24, 2.45) is 11.3 Å². The highest BCUT2D eigenvalue weighted by atomic mass is 79.9. The van der Waals surface area contributed by atoms with Gasteiger partial charge < -0.3 is 5.32 Å². The number of halogens is 2. The first kappa shape index (κ1) is 16.5. The number of rotatable bonds is 3. The summed E-state index contributed by atoms with van der Waals surface area (Å²) in [5, 5.41) is 3.57. The van der Waals surface area contributed by atoms with Crippen LogP contribution in [-0.4, -0.2) is 5.91 Å². The average Bonchev–Trinajstić information content (AvgIpc) is 2.24. The molecule has 0 saturated carbocycles. The second-order valence-corrected chi connectivity index (χ2v) is 7.36. The molecule has 0 fully saturated rings. The second-order valence-electron chi connectivity index (χ2n) is 6.10. The normalized spacial score (nSPS) is 13.2. The lowest BCUT2D eigenvalue weighted by Crippen LogP contribution is -2.24. The van der Waals surface area contributed by atoms with Gasteiger partial charge in [-0.15, -0.1) is 0 Å². The van der Waals surface area contributed by atoms with Crippen molar-refractivity contribution in [1.82, 2.24) is 0 Å². The number of aryl methyl sites for hydroxylation is 1. The van der Waals surface area contributed by atoms with Crippen molar-refractivity contribution in [3.8, 4) is 0 Å². The van der Waals surface area contributed by atoms with Crippen molar-refractivity contribution in [1.29, 1.82) is 0 Å². The van der Waals surface area contributed by atoms with E-state index < -0.39 is 0 Å². The SMILES string of the molecule is Cc1cc(Br)c(NC(=O)CC(C)C(C)(C)C)cc1Cl. The van der Waals surface area contributed by atoms with E-state index >= 15 is 0 Å². The van der Waals surface area contributed by atoms with Gasteiger partial charge in [-0.3, -0.25) is 4.79 Å². The summed E-state index contributed by atoms with van der Waals surface area (Å²) in [6, 6.07) is 3.69. The maximum absolute atomic E-state index is 12.0. The zero-order chi connectivity index (χ0) is 14.8. The maximum atomic E-state index is 12.0. The summed E-state index contributed by atoms with van der Waals surface area (Å²) >= 11 is 9.52. The molecule has 1 aromatic carbocycles. The van der Waals surface area contributed by atoms with Gasteiger partial charge in [-0.2, -0.15) is 0 Å². The molecule has 0 aliphatic rings. The van der Waals surface area contributed by atoms with Gasteiger partial charge in [-0.25, -0.2) is 0 Å². The molecule has 106 valence electrons. The van der Waals surface area contributed by atoms with Gasteiger partial charge in [-0.05, 0) is 51.9 Å². The van der Waals surface area contributed by atoms with Crippen LogP contribution in [0.4, 0.5) is 5.69 Å². The van der Waals surface area contributed by atoms with Crippen LogP contribution in [0.2, 0.25) is 5.02 Å². The molecule has 0 aliphatic carbocycles. The van der Waals surface area contributed by atoms with E-state index in [2.05, 4.69) is 48.9 Å². The third kappa shape index (κ3) is 4.81. The standard InChI is InChI=1S/C15H21BrClNO/c1-9-6-11(16)13(8-12(9)17)18-14(19)7-10(2)15(3,4)5/h6,8,10H,7H2,1-5H3,(H,18,19). The van der Waals surface area contributed by atoms with Crippen LogP contribution in [0.25, 0.3) is 0 Å². The molecule has 1 amide bonds. The fourth-order valence-electron chi connectivity index (χ4n) is 1.53.